The summed E-state index contributed by atoms with van der Waals surface area (Å²) in [6.45, 7) is 2.73. The third-order valence-electron chi connectivity index (χ3n) is 1.21. The highest BCUT2D eigenvalue weighted by atomic mass is 32.1. The molecule has 1 unspecified atom stereocenters. The van der Waals surface area contributed by atoms with E-state index in [2.05, 4.69) is 4.98 Å². The van der Waals surface area contributed by atoms with Gasteiger partial charge in [-0.2, -0.15) is 0 Å². The molecule has 1 aromatic heterocycles. The maximum absolute atomic E-state index is 5.57. The Balaban J connectivity index is 2.75. The molecular formula is C6H11N3S. The lowest BCUT2D eigenvalue weighted by molar-refractivity contribution is 0.584. The molecule has 0 spiro atoms. The van der Waals surface area contributed by atoms with Crippen LogP contribution in [-0.4, -0.2) is 15.6 Å². The number of nitrogens with two attached hydrogens (primary N) is 1. The summed E-state index contributed by atoms with van der Waals surface area (Å²) >= 11 is 4.96. The molecule has 1 atom stereocenters. The monoisotopic (exact) mass is 157 g/mol. The average Bonchev–Trinajstić information content (AvgIpc) is 2.15. The van der Waals surface area contributed by atoms with E-state index >= 15 is 0 Å². The SMILES string of the molecule is CC(N)Cn1cc[nH]c1=S. The molecule has 3 nitrogen and oxygen atoms in total. The highest BCUT2D eigenvalue weighted by molar-refractivity contribution is 7.71. The molecule has 1 heterocycles. The Labute approximate surface area is 64.9 Å². The molecule has 0 fully saturated rings. The fourth-order valence-corrected chi connectivity index (χ4v) is 1.01. The Bertz CT molecular complexity index is 247. The normalized spacial score (nSPS) is 13.4. The fourth-order valence-electron chi connectivity index (χ4n) is 0.803. The summed E-state index contributed by atoms with van der Waals surface area (Å²) in [4.78, 5) is 2.90. The molecule has 0 amide bonds. The first-order valence-electron chi connectivity index (χ1n) is 3.19. The van der Waals surface area contributed by atoms with Crippen molar-refractivity contribution in [3.63, 3.8) is 0 Å². The number of H-pyrrole nitrogens is 1. The van der Waals surface area contributed by atoms with Crippen LogP contribution in [0, 0.1) is 4.77 Å². The van der Waals surface area contributed by atoms with Gasteiger partial charge in [0.05, 0.1) is 0 Å². The van der Waals surface area contributed by atoms with Crippen molar-refractivity contribution >= 4 is 12.2 Å². The maximum Gasteiger partial charge on any atom is 0.177 e. The Hall–Kier alpha value is -0.610. The molecule has 10 heavy (non-hydrogen) atoms. The van der Waals surface area contributed by atoms with Gasteiger partial charge in [0.1, 0.15) is 0 Å². The second-order valence-corrected chi connectivity index (χ2v) is 2.78. The third-order valence-corrected chi connectivity index (χ3v) is 1.56. The van der Waals surface area contributed by atoms with Crippen LogP contribution in [0.5, 0.6) is 0 Å². The largest absolute Gasteiger partial charge is 0.337 e. The van der Waals surface area contributed by atoms with Crippen LogP contribution in [0.15, 0.2) is 12.4 Å². The number of aromatic amines is 1. The second-order valence-electron chi connectivity index (χ2n) is 2.39. The first kappa shape index (κ1) is 7.50. The van der Waals surface area contributed by atoms with Crippen LogP contribution in [0.25, 0.3) is 0 Å². The smallest absolute Gasteiger partial charge is 0.177 e. The highest BCUT2D eigenvalue weighted by Crippen LogP contribution is 1.91. The lowest BCUT2D eigenvalue weighted by atomic mass is 10.4. The van der Waals surface area contributed by atoms with Gasteiger partial charge in [-0.05, 0) is 19.1 Å². The van der Waals surface area contributed by atoms with Crippen LogP contribution in [-0.2, 0) is 6.54 Å². The summed E-state index contributed by atoms with van der Waals surface area (Å²) in [5.41, 5.74) is 5.57. The van der Waals surface area contributed by atoms with Crippen molar-refractivity contribution in [1.82, 2.24) is 9.55 Å². The van der Waals surface area contributed by atoms with Gasteiger partial charge in [0.25, 0.3) is 0 Å². The molecule has 0 aromatic carbocycles. The van der Waals surface area contributed by atoms with Crippen LogP contribution < -0.4 is 5.73 Å². The Morgan fingerprint density at radius 2 is 2.60 bits per heavy atom. The molecule has 4 heteroatoms. The van der Waals surface area contributed by atoms with Gasteiger partial charge in [-0.1, -0.05) is 0 Å². The average molecular weight is 157 g/mol. The summed E-state index contributed by atoms with van der Waals surface area (Å²) in [7, 11) is 0. The molecule has 0 radical (unpaired) electrons. The third kappa shape index (κ3) is 1.68. The summed E-state index contributed by atoms with van der Waals surface area (Å²) in [6.07, 6.45) is 3.70. The lowest BCUT2D eigenvalue weighted by Crippen LogP contribution is -2.21. The van der Waals surface area contributed by atoms with Crippen molar-refractivity contribution in [2.45, 2.75) is 19.5 Å². The zero-order valence-corrected chi connectivity index (χ0v) is 6.69. The van der Waals surface area contributed by atoms with Gasteiger partial charge in [-0.25, -0.2) is 0 Å². The molecule has 1 aromatic rings. The minimum atomic E-state index is 0.155. The summed E-state index contributed by atoms with van der Waals surface area (Å²) in [5, 5.41) is 0. The van der Waals surface area contributed by atoms with E-state index in [1.54, 1.807) is 0 Å². The van der Waals surface area contributed by atoms with Crippen LogP contribution in [0.1, 0.15) is 6.92 Å². The number of nitrogens with one attached hydrogen (secondary N) is 1. The van der Waals surface area contributed by atoms with E-state index in [1.165, 1.54) is 0 Å². The van der Waals surface area contributed by atoms with E-state index in [0.29, 0.717) is 0 Å². The molecule has 0 saturated carbocycles. The van der Waals surface area contributed by atoms with E-state index in [0.717, 1.165) is 11.3 Å². The molecule has 56 valence electrons. The Kier molecular flexibility index (Phi) is 2.24. The van der Waals surface area contributed by atoms with Crippen LogP contribution in [0.3, 0.4) is 0 Å². The summed E-state index contributed by atoms with van der Waals surface area (Å²) in [6, 6.07) is 0.155. The first-order valence-corrected chi connectivity index (χ1v) is 3.60. The predicted octanol–water partition coefficient (Wildman–Crippen LogP) is 0.893. The molecule has 0 bridgehead atoms. The van der Waals surface area contributed by atoms with Crippen molar-refractivity contribution < 1.29 is 0 Å². The van der Waals surface area contributed by atoms with E-state index in [9.17, 15) is 0 Å². The van der Waals surface area contributed by atoms with Crippen molar-refractivity contribution in [3.05, 3.63) is 17.2 Å². The van der Waals surface area contributed by atoms with E-state index < -0.39 is 0 Å². The molecular weight excluding hydrogens is 146 g/mol. The first-order chi connectivity index (χ1) is 4.70. The zero-order valence-electron chi connectivity index (χ0n) is 5.87. The number of hydrogen-bond acceptors (Lipinski definition) is 2. The van der Waals surface area contributed by atoms with Gasteiger partial charge in [0, 0.05) is 25.0 Å². The van der Waals surface area contributed by atoms with Crippen LogP contribution >= 0.6 is 12.2 Å². The Morgan fingerprint density at radius 1 is 1.90 bits per heavy atom. The van der Waals surface area contributed by atoms with Gasteiger partial charge in [0.15, 0.2) is 4.77 Å². The van der Waals surface area contributed by atoms with E-state index in [4.69, 9.17) is 18.0 Å². The van der Waals surface area contributed by atoms with Gasteiger partial charge in [-0.3, -0.25) is 0 Å². The molecule has 1 rings (SSSR count). The quantitative estimate of drug-likeness (QED) is 0.626. The van der Waals surface area contributed by atoms with Gasteiger partial charge >= 0.3 is 0 Å². The molecule has 0 aliphatic rings. The minimum absolute atomic E-state index is 0.155. The molecule has 3 N–H and O–H groups in total. The number of aromatic nitrogens is 2. The standard InChI is InChI=1S/C6H11N3S/c1-5(7)4-9-3-2-8-6(9)10/h2-3,5H,4,7H2,1H3,(H,8,10). The van der Waals surface area contributed by atoms with Crippen LogP contribution in [0.4, 0.5) is 0 Å². The van der Waals surface area contributed by atoms with Crippen LogP contribution in [0.2, 0.25) is 0 Å². The second kappa shape index (κ2) is 2.98. The van der Waals surface area contributed by atoms with Gasteiger partial charge in [0.2, 0.25) is 0 Å². The lowest BCUT2D eigenvalue weighted by Gasteiger charge is -2.04. The number of rotatable bonds is 2. The number of hydrogen-bond donors (Lipinski definition) is 2. The van der Waals surface area contributed by atoms with Crippen molar-refractivity contribution in [3.8, 4) is 0 Å². The highest BCUT2D eigenvalue weighted by Gasteiger charge is 1.95. The van der Waals surface area contributed by atoms with Gasteiger partial charge < -0.3 is 15.3 Å². The molecule has 0 saturated heterocycles. The Morgan fingerprint density at radius 3 is 3.00 bits per heavy atom. The van der Waals surface area contributed by atoms with E-state index in [1.807, 2.05) is 23.9 Å². The number of imidazole rings is 1. The van der Waals surface area contributed by atoms with Crippen molar-refractivity contribution in [1.29, 1.82) is 0 Å². The predicted molar refractivity (Wildman–Crippen MR) is 43.3 cm³/mol. The number of nitrogens with zero attached hydrogens (tertiary/aromatic N) is 1. The molecule has 0 aliphatic carbocycles. The van der Waals surface area contributed by atoms with E-state index in [-0.39, 0.29) is 6.04 Å². The minimum Gasteiger partial charge on any atom is -0.337 e. The van der Waals surface area contributed by atoms with Crippen molar-refractivity contribution in [2.75, 3.05) is 0 Å². The topological polar surface area (TPSA) is 46.7 Å². The maximum atomic E-state index is 5.57. The summed E-state index contributed by atoms with van der Waals surface area (Å²) in [5.74, 6) is 0. The zero-order chi connectivity index (χ0) is 7.56. The fraction of sp³-hybridized carbons (Fsp3) is 0.500. The van der Waals surface area contributed by atoms with Crippen molar-refractivity contribution in [2.24, 2.45) is 5.73 Å². The molecule has 0 aliphatic heterocycles. The summed E-state index contributed by atoms with van der Waals surface area (Å²) < 4.78 is 2.65. The van der Waals surface area contributed by atoms with Gasteiger partial charge in [-0.15, -0.1) is 0 Å².